The van der Waals surface area contributed by atoms with Crippen LogP contribution in [-0.4, -0.2) is 9.97 Å². The van der Waals surface area contributed by atoms with Gasteiger partial charge >= 0.3 is 0 Å². The van der Waals surface area contributed by atoms with Crippen molar-refractivity contribution in [3.8, 4) is 55.6 Å². The Hall–Kier alpha value is -11.5. The third-order valence-corrected chi connectivity index (χ3v) is 20.2. The molecule has 2 aromatic heterocycles. The number of pyridine rings is 2. The van der Waals surface area contributed by atoms with Gasteiger partial charge in [-0.3, -0.25) is 9.80 Å². The molecule has 0 amide bonds. The van der Waals surface area contributed by atoms with Crippen LogP contribution in [-0.2, 0) is 10.8 Å². The minimum Gasteiger partial charge on any atom is -0.295 e. The van der Waals surface area contributed by atoms with Gasteiger partial charge in [-0.1, -0.05) is 218 Å². The molecule has 0 bridgehead atoms. The number of anilines is 6. The van der Waals surface area contributed by atoms with Gasteiger partial charge in [-0.15, -0.1) is 0 Å². The molecule has 420 valence electrons. The van der Waals surface area contributed by atoms with Crippen LogP contribution in [0.5, 0.6) is 0 Å². The van der Waals surface area contributed by atoms with E-state index < -0.39 is 10.8 Å². The molecule has 2 heterocycles. The van der Waals surface area contributed by atoms with Gasteiger partial charge in [0.25, 0.3) is 0 Å². The summed E-state index contributed by atoms with van der Waals surface area (Å²) in [5.41, 5.74) is 29.0. The maximum Gasteiger partial charge on any atom is 0.137 e. The fourth-order valence-electron chi connectivity index (χ4n) is 16.8. The predicted molar refractivity (Wildman–Crippen MR) is 371 cm³/mol. The summed E-state index contributed by atoms with van der Waals surface area (Å²) in [7, 11) is 0. The van der Waals surface area contributed by atoms with Crippen molar-refractivity contribution in [1.82, 2.24) is 9.97 Å². The number of fused-ring (bicyclic) bond motifs is 21. The van der Waals surface area contributed by atoms with Crippen LogP contribution in [0.25, 0.3) is 82.8 Å². The molecule has 0 atom stereocenters. The molecule has 4 heteroatoms. The Morgan fingerprint density at radius 1 is 0.289 bits per heavy atom. The minimum absolute atomic E-state index is 0.494. The van der Waals surface area contributed by atoms with Crippen LogP contribution in [0, 0.1) is 0 Å². The molecule has 90 heavy (non-hydrogen) atoms. The van der Waals surface area contributed by atoms with Gasteiger partial charge in [0, 0.05) is 35.1 Å². The Morgan fingerprint density at radius 3 is 1.12 bits per heavy atom. The Labute approximate surface area is 523 Å². The van der Waals surface area contributed by atoms with E-state index in [0.717, 1.165) is 74.3 Å². The first-order chi connectivity index (χ1) is 44.7. The van der Waals surface area contributed by atoms with Crippen LogP contribution < -0.4 is 9.80 Å². The maximum absolute atomic E-state index is 5.06. The van der Waals surface area contributed by atoms with E-state index in [2.05, 4.69) is 301 Å². The summed E-state index contributed by atoms with van der Waals surface area (Å²) in [6.07, 6.45) is 10.7. The van der Waals surface area contributed by atoms with Crippen molar-refractivity contribution in [1.29, 1.82) is 0 Å². The second kappa shape index (κ2) is 19.5. The highest BCUT2D eigenvalue weighted by atomic mass is 15.2. The molecule has 0 N–H and O–H groups in total. The fourth-order valence-corrected chi connectivity index (χ4v) is 16.8. The molecule has 0 aliphatic heterocycles. The van der Waals surface area contributed by atoms with Crippen molar-refractivity contribution >= 4 is 61.5 Å². The van der Waals surface area contributed by atoms with Gasteiger partial charge < -0.3 is 0 Å². The van der Waals surface area contributed by atoms with Crippen molar-refractivity contribution in [2.75, 3.05) is 9.80 Å². The first-order valence-electron chi connectivity index (χ1n) is 31.4. The van der Waals surface area contributed by atoms with E-state index in [-0.39, 0.29) is 0 Å². The SMILES string of the molecule is C1=CC2=C(CC1)c1ccc(-c3c4ccc(N(c5ccccc5)c5ccccn5)cc4c(-c4ccc5c(c4)C4(c6ccccc6-c6ccccc64)c4ccccc4-5)c4ccc(N(c5ccccc5)c5ccccn5)cc34)cc1C21c2ccccc2-c2ccccc21. The van der Waals surface area contributed by atoms with E-state index in [4.69, 9.17) is 9.97 Å². The second-order valence-electron chi connectivity index (χ2n) is 24.5. The Kier molecular flexibility index (Phi) is 11.0. The summed E-state index contributed by atoms with van der Waals surface area (Å²) < 4.78 is 0. The van der Waals surface area contributed by atoms with E-state index in [1.165, 1.54) is 106 Å². The van der Waals surface area contributed by atoms with Crippen molar-refractivity contribution < 1.29 is 0 Å². The number of allylic oxidation sites excluding steroid dienone is 4. The average molecular weight is 1150 g/mol. The largest absolute Gasteiger partial charge is 0.295 e. The number of aromatic nitrogens is 2. The molecule has 12 aromatic carbocycles. The lowest BCUT2D eigenvalue weighted by molar-refractivity contribution is 0.781. The average Bonchev–Trinajstić information content (AvgIpc) is 1.50. The van der Waals surface area contributed by atoms with E-state index in [9.17, 15) is 0 Å². The molecule has 5 aliphatic carbocycles. The van der Waals surface area contributed by atoms with Crippen LogP contribution in [0.2, 0.25) is 0 Å². The molecule has 5 aliphatic rings. The molecule has 0 radical (unpaired) electrons. The number of nitrogens with zero attached hydrogens (tertiary/aromatic N) is 4. The number of rotatable bonds is 8. The maximum atomic E-state index is 5.06. The standard InChI is InChI=1S/C86H56N4/c1-3-23-57(24-4-1)89(81-39-19-21-49-87-81)59-43-47-69-71(53-59)83(55-41-45-67-65-31-11-17-37-77(65)85(79(67)51-55)73-33-13-7-27-61(73)62-28-8-14-34-74(62)85)70-48-44-60(90(58-25-5-2-6-26-58)82-40-20-22-50-88-82)54-72(70)84(69)56-42-46-68-66-32-12-18-38-78(66)86(80(68)52-56)75-35-15-9-29-63(75)64-30-10-16-36-76(64)86/h1-11,13-31,33-54H,12,32H2. The number of para-hydroxylation sites is 2. The van der Waals surface area contributed by atoms with Crippen molar-refractivity contribution in [3.05, 3.63) is 366 Å². The zero-order valence-corrected chi connectivity index (χ0v) is 49.2. The van der Waals surface area contributed by atoms with Crippen LogP contribution in [0.4, 0.5) is 34.4 Å². The van der Waals surface area contributed by atoms with Gasteiger partial charge in [0.05, 0.1) is 10.8 Å². The van der Waals surface area contributed by atoms with E-state index >= 15 is 0 Å². The lowest BCUT2D eigenvalue weighted by Gasteiger charge is -2.32. The zero-order chi connectivity index (χ0) is 59.1. The Balaban J connectivity index is 0.949. The third-order valence-electron chi connectivity index (χ3n) is 20.2. The van der Waals surface area contributed by atoms with Gasteiger partial charge in [0.15, 0.2) is 0 Å². The monoisotopic (exact) mass is 1140 g/mol. The molecule has 19 rings (SSSR count). The molecule has 4 nitrogen and oxygen atoms in total. The predicted octanol–water partition coefficient (Wildman–Crippen LogP) is 21.8. The summed E-state index contributed by atoms with van der Waals surface area (Å²) >= 11 is 0. The second-order valence-corrected chi connectivity index (χ2v) is 24.5. The van der Waals surface area contributed by atoms with Gasteiger partial charge in [0.2, 0.25) is 0 Å². The van der Waals surface area contributed by atoms with Gasteiger partial charge in [-0.2, -0.15) is 0 Å². The van der Waals surface area contributed by atoms with Crippen LogP contribution >= 0.6 is 0 Å². The molecule has 0 fully saturated rings. The molecule has 0 saturated heterocycles. The molecule has 0 unspecified atom stereocenters. The van der Waals surface area contributed by atoms with Crippen LogP contribution in [0.15, 0.2) is 321 Å². The molecular weight excluding hydrogens is 1090 g/mol. The van der Waals surface area contributed by atoms with Crippen molar-refractivity contribution in [3.63, 3.8) is 0 Å². The highest BCUT2D eigenvalue weighted by Gasteiger charge is 2.54. The summed E-state index contributed by atoms with van der Waals surface area (Å²) in [6.45, 7) is 0. The fraction of sp³-hybridized carbons (Fsp3) is 0.0465. The first kappa shape index (κ1) is 50.7. The summed E-state index contributed by atoms with van der Waals surface area (Å²) in [5.74, 6) is 1.68. The van der Waals surface area contributed by atoms with E-state index in [1.54, 1.807) is 0 Å². The third kappa shape index (κ3) is 6.96. The summed E-state index contributed by atoms with van der Waals surface area (Å²) in [4.78, 5) is 14.7. The highest BCUT2D eigenvalue weighted by molar-refractivity contribution is 6.23. The van der Waals surface area contributed by atoms with E-state index in [0.29, 0.717) is 0 Å². The number of hydrogen-bond donors (Lipinski definition) is 0. The summed E-state index contributed by atoms with van der Waals surface area (Å²) in [5, 5.41) is 4.60. The van der Waals surface area contributed by atoms with Crippen LogP contribution in [0.1, 0.15) is 57.3 Å². The normalized spacial score (nSPS) is 14.4. The molecular formula is C86H56N4. The molecule has 14 aromatic rings. The van der Waals surface area contributed by atoms with Gasteiger partial charge in [0.1, 0.15) is 11.6 Å². The zero-order valence-electron chi connectivity index (χ0n) is 49.2. The number of benzene rings is 12. The summed E-state index contributed by atoms with van der Waals surface area (Å²) in [6, 6.07) is 109. The minimum atomic E-state index is -0.540. The smallest absolute Gasteiger partial charge is 0.137 e. The quantitative estimate of drug-likeness (QED) is 0.142. The number of hydrogen-bond acceptors (Lipinski definition) is 4. The molecule has 2 spiro atoms. The first-order valence-corrected chi connectivity index (χ1v) is 31.4. The Bertz CT molecular complexity index is 5190. The topological polar surface area (TPSA) is 32.3 Å². The van der Waals surface area contributed by atoms with Crippen LogP contribution in [0.3, 0.4) is 0 Å². The van der Waals surface area contributed by atoms with Gasteiger partial charge in [-0.25, -0.2) is 9.97 Å². The lowest BCUT2D eigenvalue weighted by Crippen LogP contribution is -2.27. The lowest BCUT2D eigenvalue weighted by atomic mass is 9.68. The van der Waals surface area contributed by atoms with Gasteiger partial charge in [-0.05, 0) is 231 Å². The Morgan fingerprint density at radius 2 is 0.678 bits per heavy atom. The van der Waals surface area contributed by atoms with Crippen molar-refractivity contribution in [2.24, 2.45) is 0 Å². The highest BCUT2D eigenvalue weighted by Crippen LogP contribution is 2.66. The van der Waals surface area contributed by atoms with E-state index in [1.807, 2.05) is 24.5 Å². The molecule has 0 saturated carbocycles. The van der Waals surface area contributed by atoms with Crippen molar-refractivity contribution in [2.45, 2.75) is 23.7 Å².